The number of nitrogens with one attached hydrogen (secondary N) is 3. The van der Waals surface area contributed by atoms with E-state index >= 15 is 0 Å². The number of hydrogen-bond acceptors (Lipinski definition) is 6. The fourth-order valence-corrected chi connectivity index (χ4v) is 4.13. The zero-order valence-corrected chi connectivity index (χ0v) is 14.7. The van der Waals surface area contributed by atoms with E-state index in [0.717, 1.165) is 15.2 Å². The molecule has 4 rings (SSSR count). The summed E-state index contributed by atoms with van der Waals surface area (Å²) in [5.74, 6) is -0.135. The Morgan fingerprint density at radius 1 is 1.24 bits per heavy atom. The van der Waals surface area contributed by atoms with Crippen LogP contribution in [0.1, 0.15) is 6.92 Å². The summed E-state index contributed by atoms with van der Waals surface area (Å²) in [6, 6.07) is 7.19. The monoisotopic (exact) mass is 371 g/mol. The average molecular weight is 371 g/mol. The van der Waals surface area contributed by atoms with Crippen molar-refractivity contribution in [2.24, 2.45) is 0 Å². The zero-order valence-electron chi connectivity index (χ0n) is 13.1. The molecule has 3 N–H and O–H groups in total. The molecule has 0 aliphatic carbocycles. The van der Waals surface area contributed by atoms with Crippen LogP contribution in [-0.4, -0.2) is 31.1 Å². The molecule has 0 radical (unpaired) electrons. The number of thioether (sulfide) groups is 1. The predicted octanol–water partition coefficient (Wildman–Crippen LogP) is 2.98. The molecule has 7 nitrogen and oxygen atoms in total. The van der Waals surface area contributed by atoms with E-state index in [1.807, 2.05) is 18.4 Å². The molecule has 0 saturated heterocycles. The standard InChI is InChI=1S/C16H13N5O2S2/c1-8(25-15-10-4-5-24-14(10)17-7-18-15)13(22)19-9-2-3-11-12(6-9)21-16(23)20-11/h2-8H,1H3,(H,19,22)(H2,20,21,23)/t8-/m1/s1. The van der Waals surface area contributed by atoms with E-state index in [4.69, 9.17) is 0 Å². The number of amides is 1. The van der Waals surface area contributed by atoms with E-state index in [2.05, 4.69) is 25.3 Å². The number of imidazole rings is 1. The maximum atomic E-state index is 12.5. The summed E-state index contributed by atoms with van der Waals surface area (Å²) >= 11 is 2.94. The van der Waals surface area contributed by atoms with E-state index in [1.165, 1.54) is 18.1 Å². The van der Waals surface area contributed by atoms with Crippen molar-refractivity contribution >= 4 is 55.9 Å². The fourth-order valence-electron chi connectivity index (χ4n) is 2.44. The minimum absolute atomic E-state index is 0.135. The third-order valence-electron chi connectivity index (χ3n) is 3.67. The topological polar surface area (TPSA) is 104 Å². The van der Waals surface area contributed by atoms with Crippen LogP contribution in [0.15, 0.2) is 45.8 Å². The van der Waals surface area contributed by atoms with Crippen LogP contribution in [0.2, 0.25) is 0 Å². The Balaban J connectivity index is 1.51. The molecule has 126 valence electrons. The highest BCUT2D eigenvalue weighted by molar-refractivity contribution is 8.00. The number of aromatic nitrogens is 4. The minimum atomic E-state index is -0.334. The van der Waals surface area contributed by atoms with Gasteiger partial charge in [0.1, 0.15) is 16.2 Å². The summed E-state index contributed by atoms with van der Waals surface area (Å²) < 4.78 is 0. The molecule has 0 bridgehead atoms. The van der Waals surface area contributed by atoms with Crippen LogP contribution in [0.25, 0.3) is 21.3 Å². The summed E-state index contributed by atoms with van der Waals surface area (Å²) in [6.45, 7) is 1.83. The van der Waals surface area contributed by atoms with Gasteiger partial charge in [-0.15, -0.1) is 11.3 Å². The van der Waals surface area contributed by atoms with Gasteiger partial charge >= 0.3 is 5.69 Å². The third-order valence-corrected chi connectivity index (χ3v) is 5.60. The van der Waals surface area contributed by atoms with Gasteiger partial charge in [0.05, 0.1) is 16.3 Å². The van der Waals surface area contributed by atoms with Crippen molar-refractivity contribution in [1.29, 1.82) is 0 Å². The van der Waals surface area contributed by atoms with E-state index in [1.54, 1.807) is 29.5 Å². The molecule has 0 saturated carbocycles. The number of rotatable bonds is 4. The summed E-state index contributed by atoms with van der Waals surface area (Å²) in [4.78, 5) is 38.5. The van der Waals surface area contributed by atoms with Crippen LogP contribution in [0.3, 0.4) is 0 Å². The first-order valence-corrected chi connectivity index (χ1v) is 9.24. The van der Waals surface area contributed by atoms with Gasteiger partial charge in [0.15, 0.2) is 0 Å². The Kier molecular flexibility index (Phi) is 4.02. The largest absolute Gasteiger partial charge is 0.325 e. The molecule has 0 fully saturated rings. The second-order valence-corrected chi connectivity index (χ2v) is 7.63. The molecule has 0 aliphatic rings. The smallest absolute Gasteiger partial charge is 0.323 e. The maximum Gasteiger partial charge on any atom is 0.323 e. The normalized spacial score (nSPS) is 12.5. The van der Waals surface area contributed by atoms with Gasteiger partial charge < -0.3 is 15.3 Å². The number of carbonyl (C=O) groups excluding carboxylic acids is 1. The van der Waals surface area contributed by atoms with Gasteiger partial charge in [-0.3, -0.25) is 4.79 Å². The fraction of sp³-hybridized carbons (Fsp3) is 0.125. The molecule has 4 aromatic rings. The number of benzene rings is 1. The lowest BCUT2D eigenvalue weighted by Crippen LogP contribution is -2.22. The molecule has 9 heteroatoms. The van der Waals surface area contributed by atoms with Crippen LogP contribution >= 0.6 is 23.1 Å². The van der Waals surface area contributed by atoms with Gasteiger partial charge in [0, 0.05) is 11.1 Å². The molecule has 1 aromatic carbocycles. The predicted molar refractivity (Wildman–Crippen MR) is 100 cm³/mol. The Hall–Kier alpha value is -2.65. The second-order valence-electron chi connectivity index (χ2n) is 5.41. The van der Waals surface area contributed by atoms with E-state index in [0.29, 0.717) is 16.7 Å². The van der Waals surface area contributed by atoms with Gasteiger partial charge in [0.25, 0.3) is 0 Å². The first-order valence-electron chi connectivity index (χ1n) is 7.48. The van der Waals surface area contributed by atoms with E-state index < -0.39 is 0 Å². The molecule has 1 amide bonds. The number of thiophene rings is 1. The quantitative estimate of drug-likeness (QED) is 0.378. The van der Waals surface area contributed by atoms with Gasteiger partial charge in [-0.25, -0.2) is 14.8 Å². The van der Waals surface area contributed by atoms with Crippen LogP contribution in [0.5, 0.6) is 0 Å². The number of aromatic amines is 2. The van der Waals surface area contributed by atoms with Crippen LogP contribution < -0.4 is 11.0 Å². The summed E-state index contributed by atoms with van der Waals surface area (Å²) in [5.41, 5.74) is 1.71. The minimum Gasteiger partial charge on any atom is -0.325 e. The van der Waals surface area contributed by atoms with Gasteiger partial charge in [-0.1, -0.05) is 11.8 Å². The lowest BCUT2D eigenvalue weighted by Gasteiger charge is -2.12. The van der Waals surface area contributed by atoms with Gasteiger partial charge in [0.2, 0.25) is 5.91 Å². The molecule has 0 aliphatic heterocycles. The SMILES string of the molecule is C[C@@H](Sc1ncnc2sccc12)C(=O)Nc1ccc2[nH]c(=O)[nH]c2c1. The first kappa shape index (κ1) is 15.9. The Bertz CT molecular complexity index is 1130. The number of H-pyrrole nitrogens is 2. The van der Waals surface area contributed by atoms with Crippen molar-refractivity contribution in [2.75, 3.05) is 5.32 Å². The number of carbonyl (C=O) groups is 1. The van der Waals surface area contributed by atoms with Crippen molar-refractivity contribution in [1.82, 2.24) is 19.9 Å². The summed E-state index contributed by atoms with van der Waals surface area (Å²) in [7, 11) is 0. The highest BCUT2D eigenvalue weighted by atomic mass is 32.2. The molecule has 1 atom stereocenters. The molecule has 3 aromatic heterocycles. The molecule has 0 spiro atoms. The molecule has 25 heavy (non-hydrogen) atoms. The van der Waals surface area contributed by atoms with Crippen molar-refractivity contribution in [3.05, 3.63) is 46.5 Å². The molecule has 3 heterocycles. The lowest BCUT2D eigenvalue weighted by molar-refractivity contribution is -0.115. The van der Waals surface area contributed by atoms with Crippen molar-refractivity contribution in [3.8, 4) is 0 Å². The molecule has 0 unspecified atom stereocenters. The lowest BCUT2D eigenvalue weighted by atomic mass is 10.2. The summed E-state index contributed by atoms with van der Waals surface area (Å²) in [6.07, 6.45) is 1.52. The second kappa shape index (κ2) is 6.34. The Morgan fingerprint density at radius 2 is 2.08 bits per heavy atom. The van der Waals surface area contributed by atoms with Gasteiger partial charge in [-0.05, 0) is 36.6 Å². The average Bonchev–Trinajstić information content (AvgIpc) is 3.20. The number of nitrogens with zero attached hydrogens (tertiary/aromatic N) is 2. The van der Waals surface area contributed by atoms with Crippen LogP contribution in [0, 0.1) is 0 Å². The van der Waals surface area contributed by atoms with E-state index in [9.17, 15) is 9.59 Å². The maximum absolute atomic E-state index is 12.5. The zero-order chi connectivity index (χ0) is 17.4. The van der Waals surface area contributed by atoms with Gasteiger partial charge in [-0.2, -0.15) is 0 Å². The molecular formula is C16H13N5O2S2. The van der Waals surface area contributed by atoms with Crippen molar-refractivity contribution in [2.45, 2.75) is 17.2 Å². The number of fused-ring (bicyclic) bond motifs is 2. The number of hydrogen-bond donors (Lipinski definition) is 3. The Labute approximate surface area is 149 Å². The summed E-state index contributed by atoms with van der Waals surface area (Å²) in [5, 5.41) is 6.25. The third kappa shape index (κ3) is 3.15. The number of anilines is 1. The highest BCUT2D eigenvalue weighted by Crippen LogP contribution is 2.30. The highest BCUT2D eigenvalue weighted by Gasteiger charge is 2.17. The van der Waals surface area contributed by atoms with E-state index in [-0.39, 0.29) is 16.8 Å². The van der Waals surface area contributed by atoms with Crippen LogP contribution in [0.4, 0.5) is 5.69 Å². The van der Waals surface area contributed by atoms with Crippen LogP contribution in [-0.2, 0) is 4.79 Å². The first-order chi connectivity index (χ1) is 12.1. The molecular weight excluding hydrogens is 358 g/mol. The Morgan fingerprint density at radius 3 is 2.96 bits per heavy atom. The van der Waals surface area contributed by atoms with Crippen molar-refractivity contribution < 1.29 is 4.79 Å². The van der Waals surface area contributed by atoms with Crippen molar-refractivity contribution in [3.63, 3.8) is 0 Å².